The van der Waals surface area contributed by atoms with Crippen LogP contribution in [0.2, 0.25) is 0 Å². The van der Waals surface area contributed by atoms with E-state index in [0.29, 0.717) is 3.53 Å². The van der Waals surface area contributed by atoms with Gasteiger partial charge in [0.05, 0.1) is 15.4 Å². The fraction of sp³-hybridized carbons (Fsp3) is 0.667. The molecule has 0 bridgehead atoms. The van der Waals surface area contributed by atoms with Crippen LogP contribution >= 0.6 is 37.5 Å². The summed E-state index contributed by atoms with van der Waals surface area (Å²) in [6.45, 7) is 6.56. The van der Waals surface area contributed by atoms with Gasteiger partial charge >= 0.3 is 11.9 Å². The van der Waals surface area contributed by atoms with Crippen molar-refractivity contribution in [2.75, 3.05) is 0 Å². The number of rotatable bonds is 2. The fourth-order valence-corrected chi connectivity index (χ4v) is 0. The minimum atomic E-state index is -0.741. The topological polar surface area (TPSA) is 74.6 Å². The van der Waals surface area contributed by atoms with Crippen LogP contribution in [-0.4, -0.2) is 25.7 Å². The number of hydrogen-bond donors (Lipinski definition) is 4. The van der Waals surface area contributed by atoms with Gasteiger partial charge in [-0.2, -0.15) is 0 Å². The van der Waals surface area contributed by atoms with Crippen molar-refractivity contribution >= 4 is 52.9 Å². The van der Waals surface area contributed by atoms with E-state index >= 15 is 0 Å². The van der Waals surface area contributed by atoms with Crippen molar-refractivity contribution in [3.63, 3.8) is 0 Å². The van der Waals surface area contributed by atoms with E-state index < -0.39 is 11.9 Å². The predicted molar refractivity (Wildman–Crippen MR) is 75.5 cm³/mol. The molecule has 0 aliphatic heterocycles. The summed E-state index contributed by atoms with van der Waals surface area (Å²) in [5.41, 5.74) is 0. The largest absolute Gasteiger partial charge is 0.481 e. The highest BCUT2D eigenvalue weighted by atomic mass is 32.2. The standard InChI is InChI=1S/2C4H8O2.CH2S3/c2*1-3(2)4(5)6;2-1(3)4/h2*3H,1-2H3,(H,5,6);(H2,2,3,4). The Hall–Kier alpha value is -0.270. The first-order valence-corrected chi connectivity index (χ1v) is 5.70. The molecule has 0 aliphatic carbocycles. The van der Waals surface area contributed by atoms with Gasteiger partial charge in [-0.1, -0.05) is 39.9 Å². The summed E-state index contributed by atoms with van der Waals surface area (Å²) in [7, 11) is 0. The summed E-state index contributed by atoms with van der Waals surface area (Å²) >= 11 is 11.4. The normalized spacial score (nSPS) is 8.50. The maximum atomic E-state index is 9.70. The van der Waals surface area contributed by atoms with Crippen LogP contribution in [0.5, 0.6) is 0 Å². The Morgan fingerprint density at radius 3 is 1.00 bits per heavy atom. The van der Waals surface area contributed by atoms with Gasteiger partial charge in [-0.25, -0.2) is 0 Å². The van der Waals surface area contributed by atoms with Crippen molar-refractivity contribution in [2.24, 2.45) is 11.8 Å². The fourth-order valence-electron chi connectivity index (χ4n) is 0. The molecule has 2 N–H and O–H groups in total. The molecule has 7 heteroatoms. The number of thiocarbonyl (C=S) groups is 1. The Bertz CT molecular complexity index is 205. The summed E-state index contributed by atoms with van der Waals surface area (Å²) < 4.78 is 0.389. The number of hydrogen-bond acceptors (Lipinski definition) is 3. The molecule has 0 atom stereocenters. The van der Waals surface area contributed by atoms with Crippen LogP contribution in [0, 0.1) is 11.8 Å². The molecule has 0 amide bonds. The molecule has 0 saturated heterocycles. The molecule has 0 fully saturated rings. The summed E-state index contributed by atoms with van der Waals surface area (Å²) in [5, 5.41) is 16.0. The number of thiol groups is 2. The van der Waals surface area contributed by atoms with Crippen molar-refractivity contribution in [1.29, 1.82) is 0 Å². The van der Waals surface area contributed by atoms with E-state index in [1.165, 1.54) is 0 Å². The van der Waals surface area contributed by atoms with Crippen molar-refractivity contribution in [3.05, 3.63) is 0 Å². The molecule has 0 aromatic rings. The second-order valence-corrected chi connectivity index (χ2v) is 5.53. The highest BCUT2D eigenvalue weighted by Crippen LogP contribution is 1.87. The highest BCUT2D eigenvalue weighted by Gasteiger charge is 1.99. The molecule has 0 unspecified atom stereocenters. The monoisotopic (exact) mass is 286 g/mol. The van der Waals surface area contributed by atoms with Gasteiger partial charge in [0.15, 0.2) is 0 Å². The predicted octanol–water partition coefficient (Wildman–Crippen LogP) is 2.58. The number of carbonyl (C=O) groups is 2. The molecule has 0 aliphatic rings. The Morgan fingerprint density at radius 1 is 0.938 bits per heavy atom. The SMILES string of the molecule is CC(C)C(=O)O.CC(C)C(=O)O.S=C(S)S. The minimum Gasteiger partial charge on any atom is -0.481 e. The average Bonchev–Trinajstić information content (AvgIpc) is 2.03. The van der Waals surface area contributed by atoms with Gasteiger partial charge in [-0.15, -0.1) is 25.3 Å². The lowest BCUT2D eigenvalue weighted by Crippen LogP contribution is -2.03. The van der Waals surface area contributed by atoms with Gasteiger partial charge in [0.1, 0.15) is 0 Å². The van der Waals surface area contributed by atoms with Crippen LogP contribution in [0.3, 0.4) is 0 Å². The summed E-state index contributed by atoms with van der Waals surface area (Å²) in [6.07, 6.45) is 0. The lowest BCUT2D eigenvalue weighted by atomic mass is 10.2. The molecule has 0 aromatic heterocycles. The molecular formula is C9H18O4S3. The summed E-state index contributed by atoms with van der Waals surface area (Å²) in [6, 6.07) is 0. The first-order valence-electron chi connectivity index (χ1n) is 4.39. The number of carboxylic acids is 2. The molecular weight excluding hydrogens is 268 g/mol. The third-order valence-electron chi connectivity index (χ3n) is 0.988. The first kappa shape index (κ1) is 21.1. The van der Waals surface area contributed by atoms with Crippen LogP contribution in [0.1, 0.15) is 27.7 Å². The van der Waals surface area contributed by atoms with Gasteiger partial charge in [0.2, 0.25) is 0 Å². The van der Waals surface area contributed by atoms with Gasteiger partial charge in [-0.05, 0) is 0 Å². The lowest BCUT2D eigenvalue weighted by molar-refractivity contribution is -0.141. The van der Waals surface area contributed by atoms with E-state index in [2.05, 4.69) is 37.5 Å². The molecule has 96 valence electrons. The van der Waals surface area contributed by atoms with Gasteiger partial charge in [-0.3, -0.25) is 9.59 Å². The van der Waals surface area contributed by atoms with Gasteiger partial charge < -0.3 is 10.2 Å². The molecule has 4 nitrogen and oxygen atoms in total. The van der Waals surface area contributed by atoms with E-state index in [9.17, 15) is 9.59 Å². The summed E-state index contributed by atoms with van der Waals surface area (Å²) in [5.74, 6) is -1.94. The Labute approximate surface area is 112 Å². The van der Waals surface area contributed by atoms with Crippen molar-refractivity contribution in [3.8, 4) is 0 Å². The molecule has 0 aromatic carbocycles. The van der Waals surface area contributed by atoms with Crippen LogP contribution in [0.4, 0.5) is 0 Å². The smallest absolute Gasteiger partial charge is 0.305 e. The highest BCUT2D eigenvalue weighted by molar-refractivity contribution is 8.34. The Kier molecular flexibility index (Phi) is 16.8. The Balaban J connectivity index is -0.000000162. The molecule has 0 heterocycles. The number of carboxylic acid groups (broad SMARTS) is 2. The van der Waals surface area contributed by atoms with Crippen LogP contribution < -0.4 is 0 Å². The van der Waals surface area contributed by atoms with Crippen molar-refractivity contribution < 1.29 is 19.8 Å². The minimum absolute atomic E-state index is 0.231. The summed E-state index contributed by atoms with van der Waals surface area (Å²) in [4.78, 5) is 19.4. The second kappa shape index (κ2) is 12.8. The first-order chi connectivity index (χ1) is 7.02. The number of aliphatic carboxylic acids is 2. The lowest BCUT2D eigenvalue weighted by Gasteiger charge is -1.89. The Morgan fingerprint density at radius 2 is 1.00 bits per heavy atom. The second-order valence-electron chi connectivity index (χ2n) is 3.27. The van der Waals surface area contributed by atoms with E-state index in [0.717, 1.165) is 0 Å². The molecule has 0 radical (unpaired) electrons. The third kappa shape index (κ3) is 37.2. The van der Waals surface area contributed by atoms with E-state index in [1.807, 2.05) is 0 Å². The van der Waals surface area contributed by atoms with Crippen molar-refractivity contribution in [1.82, 2.24) is 0 Å². The van der Waals surface area contributed by atoms with Gasteiger partial charge in [0.25, 0.3) is 0 Å². The molecule has 0 rings (SSSR count). The third-order valence-corrected chi connectivity index (χ3v) is 0.988. The van der Waals surface area contributed by atoms with Crippen LogP contribution in [0.25, 0.3) is 0 Å². The zero-order chi connectivity index (χ0) is 13.9. The van der Waals surface area contributed by atoms with Crippen LogP contribution in [0.15, 0.2) is 0 Å². The zero-order valence-corrected chi connectivity index (χ0v) is 12.3. The average molecular weight is 286 g/mol. The van der Waals surface area contributed by atoms with Crippen molar-refractivity contribution in [2.45, 2.75) is 27.7 Å². The van der Waals surface area contributed by atoms with Crippen LogP contribution in [-0.2, 0) is 9.59 Å². The maximum absolute atomic E-state index is 9.70. The maximum Gasteiger partial charge on any atom is 0.305 e. The molecule has 0 saturated carbocycles. The zero-order valence-electron chi connectivity index (χ0n) is 9.67. The quantitative estimate of drug-likeness (QED) is 0.464. The molecule has 0 spiro atoms. The van der Waals surface area contributed by atoms with Gasteiger partial charge in [0, 0.05) is 0 Å². The molecule has 16 heavy (non-hydrogen) atoms. The van der Waals surface area contributed by atoms with E-state index in [1.54, 1.807) is 27.7 Å². The van der Waals surface area contributed by atoms with E-state index in [-0.39, 0.29) is 11.8 Å². The van der Waals surface area contributed by atoms with E-state index in [4.69, 9.17) is 10.2 Å².